The lowest BCUT2D eigenvalue weighted by molar-refractivity contribution is 0.485. The first-order valence-corrected chi connectivity index (χ1v) is 10.9. The summed E-state index contributed by atoms with van der Waals surface area (Å²) >= 11 is 0. The minimum absolute atomic E-state index is 0.154. The predicted octanol–water partition coefficient (Wildman–Crippen LogP) is 6.52. The molecule has 0 saturated carbocycles. The molecule has 0 atom stereocenters. The number of allylic oxidation sites excluding steroid dienone is 4. The van der Waals surface area contributed by atoms with Crippen molar-refractivity contribution >= 4 is 27.1 Å². The number of benzene rings is 3. The van der Waals surface area contributed by atoms with E-state index in [0.717, 1.165) is 17.7 Å². The Morgan fingerprint density at radius 3 is 2.37 bits per heavy atom. The molecule has 0 bridgehead atoms. The third-order valence-electron chi connectivity index (χ3n) is 4.67. The van der Waals surface area contributed by atoms with Gasteiger partial charge in [-0.15, -0.1) is 0 Å². The molecule has 1 aliphatic rings. The Bertz CT molecular complexity index is 1260. The second-order valence-electron chi connectivity index (χ2n) is 6.87. The first-order valence-electron chi connectivity index (χ1n) is 9.49. The van der Waals surface area contributed by atoms with Gasteiger partial charge in [0, 0.05) is 0 Å². The minimum Gasteiger partial charge on any atom is -0.379 e. The molecule has 3 aromatic rings. The van der Waals surface area contributed by atoms with Crippen LogP contribution in [0.5, 0.6) is 5.75 Å². The van der Waals surface area contributed by atoms with Gasteiger partial charge in [-0.1, -0.05) is 48.6 Å². The van der Waals surface area contributed by atoms with E-state index in [9.17, 15) is 8.42 Å². The normalized spacial score (nSPS) is 13.6. The Morgan fingerprint density at radius 1 is 0.867 bits per heavy atom. The first-order chi connectivity index (χ1) is 14.5. The third kappa shape index (κ3) is 4.55. The summed E-state index contributed by atoms with van der Waals surface area (Å²) in [7, 11) is -3.89. The van der Waals surface area contributed by atoms with Gasteiger partial charge >= 0.3 is 10.1 Å². The van der Waals surface area contributed by atoms with Crippen molar-refractivity contribution in [2.45, 2.75) is 18.2 Å². The molecule has 0 aliphatic heterocycles. The zero-order valence-electron chi connectivity index (χ0n) is 16.4. The average molecular weight is 417 g/mol. The van der Waals surface area contributed by atoms with Crippen LogP contribution in [0.2, 0.25) is 0 Å². The van der Waals surface area contributed by atoms with Crippen molar-refractivity contribution in [2.24, 2.45) is 10.2 Å². The summed E-state index contributed by atoms with van der Waals surface area (Å²) < 4.78 is 30.2. The molecule has 5 nitrogen and oxygen atoms in total. The summed E-state index contributed by atoms with van der Waals surface area (Å²) in [6.07, 6.45) is 7.19. The van der Waals surface area contributed by atoms with Gasteiger partial charge in [-0.2, -0.15) is 18.6 Å². The molecule has 1 aliphatic carbocycles. The maximum absolute atomic E-state index is 12.5. The van der Waals surface area contributed by atoms with Crippen molar-refractivity contribution in [2.75, 3.05) is 0 Å². The Labute approximate surface area is 176 Å². The van der Waals surface area contributed by atoms with Crippen LogP contribution in [0.3, 0.4) is 0 Å². The molecule has 0 N–H and O–H groups in total. The van der Waals surface area contributed by atoms with Gasteiger partial charge in [0.05, 0.1) is 11.4 Å². The van der Waals surface area contributed by atoms with Crippen LogP contribution in [0.25, 0.3) is 5.57 Å². The number of azo groups is 1. The minimum atomic E-state index is -3.89. The van der Waals surface area contributed by atoms with E-state index in [1.54, 1.807) is 49.4 Å². The van der Waals surface area contributed by atoms with Gasteiger partial charge in [-0.3, -0.25) is 0 Å². The molecule has 0 fully saturated rings. The Hall–Kier alpha value is -3.51. The summed E-state index contributed by atoms with van der Waals surface area (Å²) in [5.41, 5.74) is 4.37. The summed E-state index contributed by atoms with van der Waals surface area (Å²) in [5, 5.41) is 8.53. The second-order valence-corrected chi connectivity index (χ2v) is 8.39. The summed E-state index contributed by atoms with van der Waals surface area (Å²) in [5.74, 6) is 0.222. The maximum atomic E-state index is 12.5. The highest BCUT2D eigenvalue weighted by molar-refractivity contribution is 7.87. The molecule has 4 rings (SSSR count). The monoisotopic (exact) mass is 416 g/mol. The highest BCUT2D eigenvalue weighted by atomic mass is 32.2. The van der Waals surface area contributed by atoms with Crippen molar-refractivity contribution in [3.05, 3.63) is 102 Å². The zero-order chi connectivity index (χ0) is 21.0. The smallest absolute Gasteiger partial charge is 0.339 e. The molecule has 0 amide bonds. The van der Waals surface area contributed by atoms with Crippen LogP contribution in [0.15, 0.2) is 106 Å². The molecule has 0 radical (unpaired) electrons. The molecular formula is C24H20N2O3S. The van der Waals surface area contributed by atoms with Crippen LogP contribution >= 0.6 is 0 Å². The Morgan fingerprint density at radius 2 is 1.63 bits per heavy atom. The van der Waals surface area contributed by atoms with Crippen LogP contribution in [-0.4, -0.2) is 8.42 Å². The Kier molecular flexibility index (Phi) is 5.59. The molecule has 0 unspecified atom stereocenters. The molecule has 0 aromatic heterocycles. The second kappa shape index (κ2) is 8.47. The molecule has 6 heteroatoms. The largest absolute Gasteiger partial charge is 0.379 e. The number of aryl methyl sites for hydroxylation is 1. The molecule has 0 saturated heterocycles. The highest BCUT2D eigenvalue weighted by Crippen LogP contribution is 2.28. The fourth-order valence-electron chi connectivity index (χ4n) is 3.12. The van der Waals surface area contributed by atoms with Gasteiger partial charge in [-0.05, 0) is 72.5 Å². The van der Waals surface area contributed by atoms with Crippen LogP contribution in [-0.2, 0) is 10.1 Å². The van der Waals surface area contributed by atoms with Gasteiger partial charge in [0.25, 0.3) is 0 Å². The zero-order valence-corrected chi connectivity index (χ0v) is 17.2. The van der Waals surface area contributed by atoms with Crippen molar-refractivity contribution < 1.29 is 12.6 Å². The molecule has 150 valence electrons. The molecule has 0 spiro atoms. The van der Waals surface area contributed by atoms with E-state index >= 15 is 0 Å². The van der Waals surface area contributed by atoms with Crippen molar-refractivity contribution in [3.8, 4) is 5.75 Å². The summed E-state index contributed by atoms with van der Waals surface area (Å²) in [6, 6.07) is 21.1. The van der Waals surface area contributed by atoms with Gasteiger partial charge in [-0.25, -0.2) is 0 Å². The van der Waals surface area contributed by atoms with Gasteiger partial charge in [0.2, 0.25) is 0 Å². The molecule has 0 heterocycles. The standard InChI is InChI=1S/C24H20N2O3S/c1-18-7-2-5-12-24(18)30(27,28)29-23-15-13-21(14-16-23)25-26-22-11-6-10-20(17-22)19-8-3-4-9-19/h2-8,10-17H,9H2,1H3. The van der Waals surface area contributed by atoms with E-state index in [2.05, 4.69) is 28.4 Å². The SMILES string of the molecule is Cc1ccccc1S(=O)(=O)Oc1ccc(N=Nc2cccc(C3=CC=CC3)c2)cc1. The highest BCUT2D eigenvalue weighted by Gasteiger charge is 2.18. The Balaban J connectivity index is 1.46. The van der Waals surface area contributed by atoms with Crippen molar-refractivity contribution in [1.29, 1.82) is 0 Å². The van der Waals surface area contributed by atoms with E-state index in [1.165, 1.54) is 11.6 Å². The van der Waals surface area contributed by atoms with E-state index in [4.69, 9.17) is 4.18 Å². The number of rotatable bonds is 6. The summed E-state index contributed by atoms with van der Waals surface area (Å²) in [4.78, 5) is 0.154. The van der Waals surface area contributed by atoms with Crippen molar-refractivity contribution in [3.63, 3.8) is 0 Å². The van der Waals surface area contributed by atoms with Crippen LogP contribution < -0.4 is 4.18 Å². The maximum Gasteiger partial charge on any atom is 0.339 e. The lowest BCUT2D eigenvalue weighted by Crippen LogP contribution is -2.11. The van der Waals surface area contributed by atoms with Crippen LogP contribution in [0, 0.1) is 6.92 Å². The molecule has 3 aromatic carbocycles. The number of nitrogens with zero attached hydrogens (tertiary/aromatic N) is 2. The van der Waals surface area contributed by atoms with Gasteiger partial charge in [0.15, 0.2) is 0 Å². The third-order valence-corrected chi connectivity index (χ3v) is 6.08. The number of hydrogen-bond acceptors (Lipinski definition) is 5. The van der Waals surface area contributed by atoms with Crippen molar-refractivity contribution in [1.82, 2.24) is 0 Å². The number of hydrogen-bond donors (Lipinski definition) is 0. The molecule has 30 heavy (non-hydrogen) atoms. The van der Waals surface area contributed by atoms with Crippen LogP contribution in [0.1, 0.15) is 17.5 Å². The summed E-state index contributed by atoms with van der Waals surface area (Å²) in [6.45, 7) is 1.73. The van der Waals surface area contributed by atoms with Gasteiger partial charge < -0.3 is 4.18 Å². The topological polar surface area (TPSA) is 68.1 Å². The predicted molar refractivity (Wildman–Crippen MR) is 118 cm³/mol. The van der Waals surface area contributed by atoms with E-state index in [0.29, 0.717) is 11.3 Å². The lowest BCUT2D eigenvalue weighted by Gasteiger charge is -2.09. The fourth-order valence-corrected chi connectivity index (χ4v) is 4.28. The lowest BCUT2D eigenvalue weighted by atomic mass is 10.1. The quantitative estimate of drug-likeness (QED) is 0.339. The first kappa shape index (κ1) is 19.8. The van der Waals surface area contributed by atoms with Gasteiger partial charge in [0.1, 0.15) is 10.6 Å². The fraction of sp³-hybridized carbons (Fsp3) is 0.0833. The molecular weight excluding hydrogens is 396 g/mol. The van der Waals surface area contributed by atoms with Crippen LogP contribution in [0.4, 0.5) is 11.4 Å². The van der Waals surface area contributed by atoms with E-state index in [-0.39, 0.29) is 10.6 Å². The van der Waals surface area contributed by atoms with E-state index in [1.807, 2.05) is 24.3 Å². The van der Waals surface area contributed by atoms with E-state index < -0.39 is 10.1 Å². The average Bonchev–Trinajstić information content (AvgIpc) is 3.28.